The number of hydrogen-bond acceptors (Lipinski definition) is 5. The molecular formula is C17H16N2O3. The van der Waals surface area contributed by atoms with E-state index in [0.29, 0.717) is 17.0 Å². The summed E-state index contributed by atoms with van der Waals surface area (Å²) in [5.74, 6) is 1.50. The smallest absolute Gasteiger partial charge is 0.143 e. The van der Waals surface area contributed by atoms with Crippen LogP contribution in [0.15, 0.2) is 40.8 Å². The third-order valence-electron chi connectivity index (χ3n) is 3.32. The van der Waals surface area contributed by atoms with Crippen molar-refractivity contribution in [3.8, 4) is 17.1 Å². The van der Waals surface area contributed by atoms with Gasteiger partial charge in [0.1, 0.15) is 22.8 Å². The third kappa shape index (κ3) is 2.58. The van der Waals surface area contributed by atoms with Crippen LogP contribution in [0.1, 0.15) is 18.4 Å². The highest BCUT2D eigenvalue weighted by Crippen LogP contribution is 2.34. The normalized spacial score (nSPS) is 13.0. The number of aliphatic hydroxyl groups excluding tert-OH is 1. The Bertz CT molecular complexity index is 850. The van der Waals surface area contributed by atoms with E-state index in [1.54, 1.807) is 31.2 Å². The number of phenolic OH excluding ortho intramolecular Hbond substituents is 1. The molecule has 0 bridgehead atoms. The van der Waals surface area contributed by atoms with Crippen molar-refractivity contribution >= 4 is 17.0 Å². The van der Waals surface area contributed by atoms with E-state index in [1.165, 1.54) is 0 Å². The molecule has 0 fully saturated rings. The summed E-state index contributed by atoms with van der Waals surface area (Å²) >= 11 is 0. The van der Waals surface area contributed by atoms with E-state index in [9.17, 15) is 10.2 Å². The second-order valence-electron chi connectivity index (χ2n) is 5.14. The summed E-state index contributed by atoms with van der Waals surface area (Å²) in [7, 11) is 0. The van der Waals surface area contributed by atoms with Crippen LogP contribution < -0.4 is 0 Å². The summed E-state index contributed by atoms with van der Waals surface area (Å²) in [5.41, 5.74) is 1.74. The van der Waals surface area contributed by atoms with Crippen LogP contribution in [-0.4, -0.2) is 26.5 Å². The minimum Gasteiger partial charge on any atom is -0.506 e. The van der Waals surface area contributed by atoms with Gasteiger partial charge in [-0.3, -0.25) is 0 Å². The second kappa shape index (κ2) is 5.61. The van der Waals surface area contributed by atoms with E-state index in [0.717, 1.165) is 16.7 Å². The minimum atomic E-state index is -0.590. The molecule has 2 N–H and O–H groups in total. The number of aryl methyl sites for hydroxylation is 1. The van der Waals surface area contributed by atoms with Gasteiger partial charge in [-0.15, -0.1) is 10.2 Å². The van der Waals surface area contributed by atoms with E-state index in [1.807, 2.05) is 25.1 Å². The number of benzene rings is 1. The molecule has 0 aliphatic carbocycles. The molecule has 3 aromatic rings. The van der Waals surface area contributed by atoms with Crippen molar-refractivity contribution in [2.24, 2.45) is 0 Å². The first-order chi connectivity index (χ1) is 10.6. The summed E-state index contributed by atoms with van der Waals surface area (Å²) in [6.07, 6.45) is 2.74. The van der Waals surface area contributed by atoms with Crippen molar-refractivity contribution in [1.82, 2.24) is 10.2 Å². The van der Waals surface area contributed by atoms with Gasteiger partial charge in [-0.1, -0.05) is 18.2 Å². The van der Waals surface area contributed by atoms with E-state index in [-0.39, 0.29) is 5.75 Å². The molecule has 2 aromatic heterocycles. The Morgan fingerprint density at radius 2 is 2.00 bits per heavy atom. The number of aromatic hydroxyl groups is 1. The minimum absolute atomic E-state index is 0.0700. The van der Waals surface area contributed by atoms with Gasteiger partial charge in [-0.2, -0.15) is 0 Å². The number of phenols is 1. The summed E-state index contributed by atoms with van der Waals surface area (Å²) < 4.78 is 5.72. The maximum atomic E-state index is 9.97. The molecule has 0 amide bonds. The van der Waals surface area contributed by atoms with Gasteiger partial charge in [0.2, 0.25) is 0 Å². The zero-order chi connectivity index (χ0) is 15.7. The first-order valence-corrected chi connectivity index (χ1v) is 6.97. The summed E-state index contributed by atoms with van der Waals surface area (Å²) in [6, 6.07) is 8.90. The lowest BCUT2D eigenvalue weighted by Gasteiger charge is -2.08. The van der Waals surface area contributed by atoms with Crippen molar-refractivity contribution in [2.75, 3.05) is 0 Å². The number of aliphatic hydroxyl groups is 1. The standard InChI is InChI=1S/C17H16N2O3/c1-10(20)6-8-13-16(15-9-7-11(2)22-15)12-4-3-5-14(21)17(12)19-18-13/h3-10,20-21H,1-2H3/b8-6+. The number of aromatic nitrogens is 2. The van der Waals surface area contributed by atoms with E-state index in [4.69, 9.17) is 4.42 Å². The lowest BCUT2D eigenvalue weighted by Crippen LogP contribution is -1.96. The van der Waals surface area contributed by atoms with Gasteiger partial charge in [0, 0.05) is 5.39 Å². The SMILES string of the molecule is Cc1ccc(-c2c(/C=C/C(C)O)nnc3c(O)cccc23)o1. The highest BCUT2D eigenvalue weighted by atomic mass is 16.3. The molecule has 0 saturated heterocycles. The summed E-state index contributed by atoms with van der Waals surface area (Å²) in [4.78, 5) is 0. The molecule has 0 saturated carbocycles. The van der Waals surface area contributed by atoms with Gasteiger partial charge in [0.25, 0.3) is 0 Å². The molecule has 2 heterocycles. The Kier molecular flexibility index (Phi) is 3.65. The van der Waals surface area contributed by atoms with Gasteiger partial charge in [-0.25, -0.2) is 0 Å². The Hall–Kier alpha value is -2.66. The molecule has 1 unspecified atom stereocenters. The molecule has 0 spiro atoms. The number of hydrogen-bond donors (Lipinski definition) is 2. The molecule has 0 aliphatic rings. The zero-order valence-electron chi connectivity index (χ0n) is 12.3. The quantitative estimate of drug-likeness (QED) is 0.775. The second-order valence-corrected chi connectivity index (χ2v) is 5.14. The van der Waals surface area contributed by atoms with E-state index >= 15 is 0 Å². The van der Waals surface area contributed by atoms with Gasteiger partial charge in [0.05, 0.1) is 17.4 Å². The van der Waals surface area contributed by atoms with Crippen LogP contribution in [0.25, 0.3) is 28.3 Å². The fourth-order valence-electron chi connectivity index (χ4n) is 2.30. The molecule has 22 heavy (non-hydrogen) atoms. The molecular weight excluding hydrogens is 280 g/mol. The maximum absolute atomic E-state index is 9.97. The first-order valence-electron chi connectivity index (χ1n) is 6.97. The topological polar surface area (TPSA) is 79.4 Å². The van der Waals surface area contributed by atoms with E-state index < -0.39 is 6.10 Å². The largest absolute Gasteiger partial charge is 0.506 e. The molecule has 5 heteroatoms. The monoisotopic (exact) mass is 296 g/mol. The predicted octanol–water partition coefficient (Wildman–Crippen LogP) is 3.30. The Morgan fingerprint density at radius 1 is 1.18 bits per heavy atom. The van der Waals surface area contributed by atoms with Crippen molar-refractivity contribution in [2.45, 2.75) is 20.0 Å². The van der Waals surface area contributed by atoms with Crippen molar-refractivity contribution < 1.29 is 14.6 Å². The van der Waals surface area contributed by atoms with Crippen molar-refractivity contribution in [3.63, 3.8) is 0 Å². The fraction of sp³-hybridized carbons (Fsp3) is 0.176. The van der Waals surface area contributed by atoms with Gasteiger partial charge < -0.3 is 14.6 Å². The molecule has 0 aliphatic heterocycles. The van der Waals surface area contributed by atoms with Crippen molar-refractivity contribution in [3.05, 3.63) is 47.9 Å². The molecule has 3 rings (SSSR count). The molecule has 1 atom stereocenters. The average Bonchev–Trinajstić information content (AvgIpc) is 2.91. The molecule has 0 radical (unpaired) electrons. The van der Waals surface area contributed by atoms with Crippen LogP contribution in [0, 0.1) is 6.92 Å². The Morgan fingerprint density at radius 3 is 2.68 bits per heavy atom. The van der Waals surface area contributed by atoms with Crippen LogP contribution >= 0.6 is 0 Å². The van der Waals surface area contributed by atoms with Crippen molar-refractivity contribution in [1.29, 1.82) is 0 Å². The molecule has 5 nitrogen and oxygen atoms in total. The number of fused-ring (bicyclic) bond motifs is 1. The highest BCUT2D eigenvalue weighted by molar-refractivity contribution is 5.98. The fourth-order valence-corrected chi connectivity index (χ4v) is 2.30. The predicted molar refractivity (Wildman–Crippen MR) is 84.4 cm³/mol. The number of nitrogens with zero attached hydrogens (tertiary/aromatic N) is 2. The lowest BCUT2D eigenvalue weighted by molar-refractivity contribution is 0.245. The molecule has 1 aromatic carbocycles. The maximum Gasteiger partial charge on any atom is 0.143 e. The van der Waals surface area contributed by atoms with E-state index in [2.05, 4.69) is 10.2 Å². The van der Waals surface area contributed by atoms with Crippen LogP contribution in [0.2, 0.25) is 0 Å². The van der Waals surface area contributed by atoms with Gasteiger partial charge in [0.15, 0.2) is 0 Å². The van der Waals surface area contributed by atoms with Crippen LogP contribution in [0.4, 0.5) is 0 Å². The Labute approximate surface area is 127 Å². The van der Waals surface area contributed by atoms with Crippen LogP contribution in [0.5, 0.6) is 5.75 Å². The average molecular weight is 296 g/mol. The van der Waals surface area contributed by atoms with Gasteiger partial charge in [-0.05, 0) is 38.1 Å². The molecule has 112 valence electrons. The first kappa shape index (κ1) is 14.3. The highest BCUT2D eigenvalue weighted by Gasteiger charge is 2.16. The zero-order valence-corrected chi connectivity index (χ0v) is 12.3. The summed E-state index contributed by atoms with van der Waals surface area (Å²) in [6.45, 7) is 3.52. The van der Waals surface area contributed by atoms with Crippen LogP contribution in [-0.2, 0) is 0 Å². The summed E-state index contributed by atoms with van der Waals surface area (Å²) in [5, 5.41) is 28.4. The van der Waals surface area contributed by atoms with Crippen LogP contribution in [0.3, 0.4) is 0 Å². The third-order valence-corrected chi connectivity index (χ3v) is 3.32. The number of furan rings is 1. The lowest BCUT2D eigenvalue weighted by atomic mass is 10.0. The number of rotatable bonds is 3. The Balaban J connectivity index is 2.31. The van der Waals surface area contributed by atoms with Gasteiger partial charge >= 0.3 is 0 Å².